The van der Waals surface area contributed by atoms with Crippen LogP contribution in [0.25, 0.3) is 21.5 Å². The maximum atomic E-state index is 6.20. The fourth-order valence-electron chi connectivity index (χ4n) is 4.75. The molecule has 0 radical (unpaired) electrons. The molecule has 0 saturated carbocycles. The van der Waals surface area contributed by atoms with Gasteiger partial charge in [0.05, 0.1) is 6.61 Å². The third-order valence-corrected chi connectivity index (χ3v) is 7.01. The molecule has 35 heavy (non-hydrogen) atoms. The molecular weight excluding hydrogens is 450 g/mol. The molecule has 0 heterocycles. The van der Waals surface area contributed by atoms with Gasteiger partial charge in [0.15, 0.2) is 0 Å². The minimum absolute atomic E-state index is 0.267. The monoisotopic (exact) mass is 479 g/mol. The topological polar surface area (TPSA) is 21.3 Å². The molecular formula is C32H30ClNO. The molecule has 0 bridgehead atoms. The van der Waals surface area contributed by atoms with Crippen molar-refractivity contribution in [3.05, 3.63) is 125 Å². The van der Waals surface area contributed by atoms with Crippen molar-refractivity contribution in [1.29, 1.82) is 0 Å². The second-order valence-electron chi connectivity index (χ2n) is 9.16. The van der Waals surface area contributed by atoms with E-state index in [1.807, 2.05) is 12.1 Å². The van der Waals surface area contributed by atoms with E-state index in [9.17, 15) is 0 Å². The van der Waals surface area contributed by atoms with E-state index >= 15 is 0 Å². The summed E-state index contributed by atoms with van der Waals surface area (Å²) in [4.78, 5) is 0. The van der Waals surface area contributed by atoms with Crippen LogP contribution in [0.1, 0.15) is 30.4 Å². The first kappa shape index (κ1) is 23.4. The van der Waals surface area contributed by atoms with Gasteiger partial charge in [0.1, 0.15) is 5.75 Å². The van der Waals surface area contributed by atoms with Crippen LogP contribution in [0, 0.1) is 0 Å². The molecule has 2 nitrogen and oxygen atoms in total. The Morgan fingerprint density at radius 2 is 1.34 bits per heavy atom. The van der Waals surface area contributed by atoms with Crippen LogP contribution in [0.2, 0.25) is 5.02 Å². The van der Waals surface area contributed by atoms with E-state index in [1.165, 1.54) is 32.7 Å². The van der Waals surface area contributed by atoms with Gasteiger partial charge in [-0.2, -0.15) is 0 Å². The van der Waals surface area contributed by atoms with Gasteiger partial charge in [-0.1, -0.05) is 90.5 Å². The Balaban J connectivity index is 1.26. The first-order chi connectivity index (χ1) is 17.2. The highest BCUT2D eigenvalue weighted by molar-refractivity contribution is 6.30. The van der Waals surface area contributed by atoms with E-state index in [2.05, 4.69) is 109 Å². The van der Waals surface area contributed by atoms with Crippen molar-refractivity contribution in [1.82, 2.24) is 5.32 Å². The zero-order valence-electron chi connectivity index (χ0n) is 20.0. The number of hydrogen-bond donors (Lipinski definition) is 1. The van der Waals surface area contributed by atoms with Gasteiger partial charge in [-0.3, -0.25) is 0 Å². The Kier molecular flexibility index (Phi) is 7.32. The SMILES string of the molecule is CC(NCc1ccc2ccccc2c1)C(CCOc1ccc2ccccc2c1)c1ccc(Cl)cc1. The third-order valence-electron chi connectivity index (χ3n) is 6.76. The van der Waals surface area contributed by atoms with Crippen molar-refractivity contribution < 1.29 is 4.74 Å². The third kappa shape index (κ3) is 5.85. The second-order valence-corrected chi connectivity index (χ2v) is 9.59. The predicted molar refractivity (Wildman–Crippen MR) is 149 cm³/mol. The largest absolute Gasteiger partial charge is 0.494 e. The van der Waals surface area contributed by atoms with E-state index in [0.29, 0.717) is 12.5 Å². The van der Waals surface area contributed by atoms with Gasteiger partial charge in [0.2, 0.25) is 0 Å². The van der Waals surface area contributed by atoms with Crippen LogP contribution >= 0.6 is 11.6 Å². The maximum absolute atomic E-state index is 6.20. The molecule has 1 N–H and O–H groups in total. The van der Waals surface area contributed by atoms with Crippen molar-refractivity contribution in [2.45, 2.75) is 31.8 Å². The van der Waals surface area contributed by atoms with Gasteiger partial charge >= 0.3 is 0 Å². The van der Waals surface area contributed by atoms with Gasteiger partial charge in [0.25, 0.3) is 0 Å². The summed E-state index contributed by atoms with van der Waals surface area (Å²) in [5.74, 6) is 1.21. The minimum atomic E-state index is 0.267. The lowest BCUT2D eigenvalue weighted by atomic mass is 9.89. The lowest BCUT2D eigenvalue weighted by Crippen LogP contribution is -2.32. The molecule has 2 atom stereocenters. The Bertz CT molecular complexity index is 1410. The van der Waals surface area contributed by atoms with Crippen molar-refractivity contribution in [2.24, 2.45) is 0 Å². The lowest BCUT2D eigenvalue weighted by Gasteiger charge is -2.26. The van der Waals surface area contributed by atoms with Crippen LogP contribution in [0.3, 0.4) is 0 Å². The molecule has 3 heteroatoms. The van der Waals surface area contributed by atoms with Crippen molar-refractivity contribution in [3.8, 4) is 5.75 Å². The van der Waals surface area contributed by atoms with Gasteiger partial charge in [-0.15, -0.1) is 0 Å². The Morgan fingerprint density at radius 3 is 2.06 bits per heavy atom. The van der Waals surface area contributed by atoms with Crippen LogP contribution in [-0.2, 0) is 6.54 Å². The van der Waals surface area contributed by atoms with Crippen molar-refractivity contribution in [3.63, 3.8) is 0 Å². The molecule has 5 aromatic carbocycles. The molecule has 176 valence electrons. The van der Waals surface area contributed by atoms with Crippen LogP contribution in [0.4, 0.5) is 0 Å². The zero-order valence-corrected chi connectivity index (χ0v) is 20.7. The number of fused-ring (bicyclic) bond motifs is 2. The number of rotatable bonds is 9. The summed E-state index contributed by atoms with van der Waals surface area (Å²) >= 11 is 6.18. The molecule has 5 aromatic rings. The molecule has 0 aliphatic heterocycles. The number of benzene rings is 5. The summed E-state index contributed by atoms with van der Waals surface area (Å²) < 4.78 is 6.20. The van der Waals surface area contributed by atoms with Crippen LogP contribution in [0.15, 0.2) is 109 Å². The molecule has 5 rings (SSSR count). The van der Waals surface area contributed by atoms with Crippen molar-refractivity contribution in [2.75, 3.05) is 6.61 Å². The summed E-state index contributed by atoms with van der Waals surface area (Å²) in [6, 6.07) is 38.3. The van der Waals surface area contributed by atoms with E-state index in [0.717, 1.165) is 23.7 Å². The number of halogens is 1. The first-order valence-corrected chi connectivity index (χ1v) is 12.6. The predicted octanol–water partition coefficient (Wildman–Crippen LogP) is 8.38. The number of nitrogens with one attached hydrogen (secondary N) is 1. The zero-order chi connectivity index (χ0) is 24.0. The fraction of sp³-hybridized carbons (Fsp3) is 0.188. The summed E-state index contributed by atoms with van der Waals surface area (Å²) in [5, 5.41) is 9.50. The number of hydrogen-bond acceptors (Lipinski definition) is 2. The molecule has 0 aromatic heterocycles. The Hall–Kier alpha value is -3.33. The molecule has 0 spiro atoms. The summed E-state index contributed by atoms with van der Waals surface area (Å²) in [6.07, 6.45) is 0.903. The summed E-state index contributed by atoms with van der Waals surface area (Å²) in [6.45, 7) is 3.73. The highest BCUT2D eigenvalue weighted by Gasteiger charge is 2.19. The molecule has 0 aliphatic rings. The van der Waals surface area contributed by atoms with Gasteiger partial charge < -0.3 is 10.1 Å². The van der Waals surface area contributed by atoms with E-state index < -0.39 is 0 Å². The van der Waals surface area contributed by atoms with Crippen LogP contribution in [0.5, 0.6) is 5.75 Å². The quantitative estimate of drug-likeness (QED) is 0.229. The maximum Gasteiger partial charge on any atom is 0.119 e. The van der Waals surface area contributed by atoms with Crippen LogP contribution < -0.4 is 10.1 Å². The smallest absolute Gasteiger partial charge is 0.119 e. The van der Waals surface area contributed by atoms with E-state index in [1.54, 1.807) is 0 Å². The Labute approximate surface area is 212 Å². The lowest BCUT2D eigenvalue weighted by molar-refractivity contribution is 0.282. The van der Waals surface area contributed by atoms with Crippen molar-refractivity contribution >= 4 is 33.1 Å². The normalized spacial score (nSPS) is 13.1. The summed E-state index contributed by atoms with van der Waals surface area (Å²) in [7, 11) is 0. The molecule has 0 fully saturated rings. The highest BCUT2D eigenvalue weighted by atomic mass is 35.5. The average molecular weight is 480 g/mol. The standard InChI is InChI=1S/C32H30ClNO/c1-23(34-22-24-10-11-25-6-2-4-8-28(25)20-24)32(27-12-15-30(33)16-13-27)18-19-35-31-17-14-26-7-3-5-9-29(26)21-31/h2-17,20-21,23,32,34H,18-19,22H2,1H3. The fourth-order valence-corrected chi connectivity index (χ4v) is 4.87. The molecule has 2 unspecified atom stereocenters. The Morgan fingerprint density at radius 1 is 0.714 bits per heavy atom. The minimum Gasteiger partial charge on any atom is -0.494 e. The molecule has 0 aliphatic carbocycles. The van der Waals surface area contributed by atoms with Gasteiger partial charge in [-0.25, -0.2) is 0 Å². The molecule has 0 saturated heterocycles. The number of ether oxygens (including phenoxy) is 1. The first-order valence-electron chi connectivity index (χ1n) is 12.2. The highest BCUT2D eigenvalue weighted by Crippen LogP contribution is 2.27. The molecule has 0 amide bonds. The average Bonchev–Trinajstić information content (AvgIpc) is 2.90. The van der Waals surface area contributed by atoms with Gasteiger partial charge in [0, 0.05) is 23.5 Å². The van der Waals surface area contributed by atoms with E-state index in [4.69, 9.17) is 16.3 Å². The summed E-state index contributed by atoms with van der Waals surface area (Å²) in [5.41, 5.74) is 2.56. The van der Waals surface area contributed by atoms with Crippen LogP contribution in [-0.4, -0.2) is 12.6 Å². The van der Waals surface area contributed by atoms with E-state index in [-0.39, 0.29) is 6.04 Å². The second kappa shape index (κ2) is 10.9. The van der Waals surface area contributed by atoms with Gasteiger partial charge in [-0.05, 0) is 76.3 Å².